The predicted molar refractivity (Wildman–Crippen MR) is 285 cm³/mol. The van der Waals surface area contributed by atoms with Crippen LogP contribution in [0.4, 0.5) is 70.2 Å². The molecule has 2 aliphatic heterocycles. The molecule has 32 heteroatoms. The van der Waals surface area contributed by atoms with Crippen LogP contribution in [0.5, 0.6) is 46.0 Å². The number of hydrogen-bond acceptors (Lipinski definition) is 14. The smallest absolute Gasteiger partial charge is 0.241 e. The van der Waals surface area contributed by atoms with Gasteiger partial charge in [-0.3, -0.25) is 0 Å². The van der Waals surface area contributed by atoms with E-state index in [1.165, 1.54) is 48.5 Å². The monoisotopic (exact) mass is 1270 g/mol. The van der Waals surface area contributed by atoms with Crippen molar-refractivity contribution < 1.29 is 108 Å². The summed E-state index contributed by atoms with van der Waals surface area (Å²) >= 11 is 0. The predicted octanol–water partition coefficient (Wildman–Crippen LogP) is 15.1. The Balaban J connectivity index is 1.41. The molecule has 474 valence electrons. The number of nitrogens with zero attached hydrogens (tertiary/aromatic N) is 6. The highest BCUT2D eigenvalue weighted by Crippen LogP contribution is 2.46. The highest BCUT2D eigenvalue weighted by Gasteiger charge is 2.29. The molecular weight excluding hydrogens is 1220 g/mol. The first-order valence-corrected chi connectivity index (χ1v) is 27.0. The molecule has 0 atom stereocenters. The molecule has 0 spiro atoms. The number of alkyl halides is 16. The first-order chi connectivity index (χ1) is 42.2. The lowest BCUT2D eigenvalue weighted by Crippen LogP contribution is -2.07. The lowest BCUT2D eigenvalue weighted by atomic mass is 10.1. The Kier molecular flexibility index (Phi) is 21.1. The molecule has 9 rings (SSSR count). The van der Waals surface area contributed by atoms with Crippen LogP contribution in [-0.2, 0) is 0 Å². The molecule has 0 saturated heterocycles. The Morgan fingerprint density at radius 1 is 0.239 bits per heavy atom. The Labute approximate surface area is 486 Å². The SMILES string of the molecule is FC(F)CCOc1cc2c(cc1OCCC(F)F)-c1nc-2nc2[nH]c(nc3nc(nc4[nH]c(n1)c1cc(OCCC(F)F)c(OCCC(F)F)cc41)-c1cc(OCCC(F)F)c(OCCC(F)F)cc1-3)c1cc(OCCC(F)F)c(OCCC(F)F)cc21. The van der Waals surface area contributed by atoms with Crippen LogP contribution in [0.3, 0.4) is 0 Å². The summed E-state index contributed by atoms with van der Waals surface area (Å²) in [6.45, 7) is -4.94. The van der Waals surface area contributed by atoms with Gasteiger partial charge in [0, 0.05) is 95.2 Å². The normalized spacial score (nSPS) is 12.3. The highest BCUT2D eigenvalue weighted by atomic mass is 19.3. The van der Waals surface area contributed by atoms with Crippen molar-refractivity contribution >= 4 is 44.1 Å². The van der Waals surface area contributed by atoms with Crippen molar-refractivity contribution in [1.29, 1.82) is 0 Å². The molecule has 0 aliphatic carbocycles. The van der Waals surface area contributed by atoms with Crippen molar-refractivity contribution in [2.45, 2.75) is 103 Å². The van der Waals surface area contributed by atoms with E-state index in [0.717, 1.165) is 0 Å². The number of H-pyrrole nitrogens is 2. The topological polar surface area (TPSA) is 183 Å². The molecule has 4 aromatic carbocycles. The summed E-state index contributed by atoms with van der Waals surface area (Å²) in [6.07, 6.45) is -29.1. The fraction of sp³-hybridized carbons (Fsp3) is 0.429. The Bertz CT molecular complexity index is 3270. The second-order valence-electron chi connectivity index (χ2n) is 19.2. The average molecular weight is 1270 g/mol. The van der Waals surface area contributed by atoms with E-state index in [0.29, 0.717) is 0 Å². The molecule has 2 aliphatic rings. The lowest BCUT2D eigenvalue weighted by molar-refractivity contribution is 0.106. The zero-order valence-electron chi connectivity index (χ0n) is 45.5. The number of hydrogen-bond donors (Lipinski definition) is 2. The van der Waals surface area contributed by atoms with E-state index in [1.54, 1.807) is 0 Å². The van der Waals surface area contributed by atoms with Gasteiger partial charge in [-0.2, -0.15) is 0 Å². The Morgan fingerprint density at radius 2 is 0.398 bits per heavy atom. The summed E-state index contributed by atoms with van der Waals surface area (Å²) in [4.78, 5) is 34.9. The van der Waals surface area contributed by atoms with E-state index >= 15 is 0 Å². The molecule has 0 amide bonds. The minimum atomic E-state index is -2.85. The van der Waals surface area contributed by atoms with Gasteiger partial charge in [-0.25, -0.2) is 100 Å². The number of nitrogens with one attached hydrogen (secondary N) is 2. The van der Waals surface area contributed by atoms with Crippen LogP contribution in [-0.4, -0.2) is 144 Å². The molecule has 8 bridgehead atoms. The van der Waals surface area contributed by atoms with Crippen molar-refractivity contribution in [3.05, 3.63) is 48.5 Å². The average Bonchev–Trinajstić information content (AvgIpc) is 3.70. The molecule has 7 aromatic rings. The van der Waals surface area contributed by atoms with E-state index in [1.807, 2.05) is 0 Å². The molecule has 3 aromatic heterocycles. The van der Waals surface area contributed by atoms with Crippen LogP contribution in [0, 0.1) is 0 Å². The third kappa shape index (κ3) is 16.2. The van der Waals surface area contributed by atoms with Crippen molar-refractivity contribution in [2.24, 2.45) is 0 Å². The van der Waals surface area contributed by atoms with E-state index in [2.05, 4.69) is 9.97 Å². The van der Waals surface area contributed by atoms with Gasteiger partial charge < -0.3 is 47.9 Å². The molecule has 0 saturated carbocycles. The molecule has 2 N–H and O–H groups in total. The standard InChI is InChI=1S/C56H50F16N8O8/c57-41(58)1-9-81-33-17-25-26(18-34(33)82-10-2-42(59)60)50-73-49(25)77-51-27-19-35(83-11-3-43(61)62)36(84-12-4-44(63)64)20-28(27)53(74-51)79-55-31-23-39(87-15-7-47(69)70)40(88-16-8-48(71)72)24-32(31)56(76-55)80-54-30-22-38(86-14-6-46(67)68)37(85-13-5-45(65)66)21-29(30)52(75-54)78-50/h17-24,41-48H,1-16H2,(H2,73,74,75,76,77,78,79,80). The van der Waals surface area contributed by atoms with Crippen LogP contribution in [0.2, 0.25) is 0 Å². The molecule has 88 heavy (non-hydrogen) atoms. The minimum Gasteiger partial charge on any atom is -0.489 e. The quantitative estimate of drug-likeness (QED) is 0.0380. The van der Waals surface area contributed by atoms with E-state index < -0.39 is 156 Å². The number of aromatic amines is 2. The number of halogens is 16. The summed E-state index contributed by atoms with van der Waals surface area (Å²) in [5.41, 5.74) is -0.632. The fourth-order valence-corrected chi connectivity index (χ4v) is 8.78. The van der Waals surface area contributed by atoms with E-state index in [4.69, 9.17) is 67.8 Å². The Morgan fingerprint density at radius 3 is 0.557 bits per heavy atom. The first kappa shape index (κ1) is 64.0. The zero-order chi connectivity index (χ0) is 62.8. The maximum Gasteiger partial charge on any atom is 0.241 e. The largest absolute Gasteiger partial charge is 0.489 e. The zero-order valence-corrected chi connectivity index (χ0v) is 45.5. The summed E-state index contributed by atoms with van der Waals surface area (Å²) in [5.74, 6) is -3.05. The van der Waals surface area contributed by atoms with Gasteiger partial charge >= 0.3 is 0 Å². The Hall–Kier alpha value is -8.48. The summed E-state index contributed by atoms with van der Waals surface area (Å²) in [7, 11) is 0. The molecule has 5 heterocycles. The summed E-state index contributed by atoms with van der Waals surface area (Å²) in [6, 6.07) is 10.1. The number of benzene rings is 4. The van der Waals surface area contributed by atoms with Crippen molar-refractivity contribution in [1.82, 2.24) is 39.9 Å². The molecule has 16 nitrogen and oxygen atoms in total. The maximum absolute atomic E-state index is 13.5. The van der Waals surface area contributed by atoms with E-state index in [-0.39, 0.29) is 136 Å². The molecule has 0 unspecified atom stereocenters. The van der Waals surface area contributed by atoms with Gasteiger partial charge in [-0.1, -0.05) is 0 Å². The van der Waals surface area contributed by atoms with E-state index in [9.17, 15) is 70.2 Å². The third-order valence-electron chi connectivity index (χ3n) is 12.8. The van der Waals surface area contributed by atoms with Crippen LogP contribution in [0.15, 0.2) is 48.5 Å². The van der Waals surface area contributed by atoms with Gasteiger partial charge in [0.2, 0.25) is 51.4 Å². The molecule has 0 radical (unpaired) electrons. The lowest BCUT2D eigenvalue weighted by Gasteiger charge is -2.15. The van der Waals surface area contributed by atoms with Gasteiger partial charge in [0.1, 0.15) is 22.6 Å². The number of fused-ring (bicyclic) bond motifs is 20. The van der Waals surface area contributed by atoms with Gasteiger partial charge in [0.15, 0.2) is 69.3 Å². The first-order valence-electron chi connectivity index (χ1n) is 27.0. The van der Waals surface area contributed by atoms with Gasteiger partial charge in [0.25, 0.3) is 0 Å². The summed E-state index contributed by atoms with van der Waals surface area (Å²) in [5, 5.41) is 0.179. The van der Waals surface area contributed by atoms with Crippen molar-refractivity contribution in [3.63, 3.8) is 0 Å². The second kappa shape index (κ2) is 29.0. The van der Waals surface area contributed by atoms with Crippen LogP contribution in [0.1, 0.15) is 51.4 Å². The van der Waals surface area contributed by atoms with Gasteiger partial charge in [-0.15, -0.1) is 0 Å². The van der Waals surface area contributed by atoms with Crippen LogP contribution in [0.25, 0.3) is 89.7 Å². The highest BCUT2D eigenvalue weighted by molar-refractivity contribution is 6.08. The molecule has 0 fully saturated rings. The fourth-order valence-electron chi connectivity index (χ4n) is 8.78. The number of aromatic nitrogens is 8. The van der Waals surface area contributed by atoms with Crippen LogP contribution < -0.4 is 37.9 Å². The van der Waals surface area contributed by atoms with Gasteiger partial charge in [0.05, 0.1) is 52.9 Å². The van der Waals surface area contributed by atoms with Crippen LogP contribution >= 0.6 is 0 Å². The summed E-state index contributed by atoms with van der Waals surface area (Å²) < 4.78 is 262. The minimum absolute atomic E-state index is 0.0169. The molecular formula is C56H50F16N8O8. The maximum atomic E-state index is 13.5. The number of ether oxygens (including phenoxy) is 8. The number of rotatable bonds is 32. The van der Waals surface area contributed by atoms with Crippen molar-refractivity contribution in [3.8, 4) is 91.5 Å². The third-order valence-corrected chi connectivity index (χ3v) is 12.8. The van der Waals surface area contributed by atoms with Gasteiger partial charge in [-0.05, 0) is 48.5 Å². The van der Waals surface area contributed by atoms with Crippen molar-refractivity contribution in [2.75, 3.05) is 52.9 Å². The second-order valence-corrected chi connectivity index (χ2v) is 19.2.